The monoisotopic (exact) mass is 251 g/mol. The fraction of sp³-hybridized carbons (Fsp3) is 0.583. The number of methoxy groups -OCH3 is 1. The van der Waals surface area contributed by atoms with Crippen LogP contribution >= 0.6 is 0 Å². The van der Waals surface area contributed by atoms with Crippen LogP contribution in [0.1, 0.15) is 25.7 Å². The number of anilines is 1. The van der Waals surface area contributed by atoms with Crippen LogP contribution in [0.4, 0.5) is 5.82 Å². The minimum absolute atomic E-state index is 0.140. The molecule has 18 heavy (non-hydrogen) atoms. The Morgan fingerprint density at radius 3 is 3.06 bits per heavy atom. The van der Waals surface area contributed by atoms with Crippen LogP contribution in [0.25, 0.3) is 0 Å². The number of hydrogen-bond donors (Lipinski definition) is 2. The number of aromatic nitrogens is 2. The Balaban J connectivity index is 1.97. The third-order valence-electron chi connectivity index (χ3n) is 3.20. The van der Waals surface area contributed by atoms with E-state index in [1.807, 2.05) is 0 Å². The van der Waals surface area contributed by atoms with E-state index in [4.69, 9.17) is 9.84 Å². The smallest absolute Gasteiger partial charge is 0.306 e. The molecule has 6 heteroatoms. The highest BCUT2D eigenvalue weighted by atomic mass is 16.5. The molecule has 2 N–H and O–H groups in total. The first-order valence-electron chi connectivity index (χ1n) is 6.04. The summed E-state index contributed by atoms with van der Waals surface area (Å²) in [6.07, 6.45) is 6.43. The maximum absolute atomic E-state index is 11.0. The van der Waals surface area contributed by atoms with E-state index in [2.05, 4.69) is 15.3 Å². The van der Waals surface area contributed by atoms with Gasteiger partial charge in [-0.3, -0.25) is 9.78 Å². The van der Waals surface area contributed by atoms with Gasteiger partial charge in [-0.15, -0.1) is 0 Å². The van der Waals surface area contributed by atoms with Crippen LogP contribution in [-0.4, -0.2) is 34.2 Å². The fourth-order valence-corrected chi connectivity index (χ4v) is 2.27. The summed E-state index contributed by atoms with van der Waals surface area (Å²) in [6.45, 7) is 0. The first-order chi connectivity index (χ1) is 8.69. The van der Waals surface area contributed by atoms with Gasteiger partial charge in [0.2, 0.25) is 5.88 Å². The molecule has 0 aliphatic heterocycles. The molecule has 0 amide bonds. The SMILES string of the molecule is COc1cncc(NC2CCCC(C(=O)O)C2)n1. The van der Waals surface area contributed by atoms with Crippen molar-refractivity contribution in [3.63, 3.8) is 0 Å². The van der Waals surface area contributed by atoms with Gasteiger partial charge in [-0.1, -0.05) is 6.42 Å². The Morgan fingerprint density at radius 2 is 2.33 bits per heavy atom. The van der Waals surface area contributed by atoms with Gasteiger partial charge >= 0.3 is 5.97 Å². The molecule has 1 aliphatic carbocycles. The second-order valence-corrected chi connectivity index (χ2v) is 4.49. The van der Waals surface area contributed by atoms with E-state index in [1.54, 1.807) is 6.20 Å². The van der Waals surface area contributed by atoms with Crippen LogP contribution in [0.3, 0.4) is 0 Å². The Labute approximate surface area is 105 Å². The van der Waals surface area contributed by atoms with Gasteiger partial charge in [0.1, 0.15) is 5.82 Å². The minimum Gasteiger partial charge on any atom is -0.481 e. The Bertz CT molecular complexity index is 425. The van der Waals surface area contributed by atoms with E-state index in [9.17, 15) is 4.79 Å². The number of ether oxygens (including phenoxy) is 1. The van der Waals surface area contributed by atoms with Crippen LogP contribution in [0.15, 0.2) is 12.4 Å². The molecule has 1 fully saturated rings. The van der Waals surface area contributed by atoms with Crippen molar-refractivity contribution in [2.24, 2.45) is 5.92 Å². The molecule has 2 rings (SSSR count). The van der Waals surface area contributed by atoms with Crippen LogP contribution in [0.5, 0.6) is 5.88 Å². The summed E-state index contributed by atoms with van der Waals surface area (Å²) in [5, 5.41) is 12.3. The number of carbonyl (C=O) groups is 1. The number of rotatable bonds is 4. The molecule has 98 valence electrons. The molecule has 2 atom stereocenters. The summed E-state index contributed by atoms with van der Waals surface area (Å²) in [4.78, 5) is 19.2. The molecule has 0 bridgehead atoms. The molecular formula is C12H17N3O3. The van der Waals surface area contributed by atoms with Gasteiger partial charge < -0.3 is 15.2 Å². The van der Waals surface area contributed by atoms with Crippen molar-refractivity contribution < 1.29 is 14.6 Å². The van der Waals surface area contributed by atoms with Crippen LogP contribution in [0.2, 0.25) is 0 Å². The predicted molar refractivity (Wildman–Crippen MR) is 65.6 cm³/mol. The van der Waals surface area contributed by atoms with Gasteiger partial charge in [0, 0.05) is 6.04 Å². The zero-order valence-corrected chi connectivity index (χ0v) is 10.3. The highest BCUT2D eigenvalue weighted by Gasteiger charge is 2.27. The second kappa shape index (κ2) is 5.66. The first-order valence-corrected chi connectivity index (χ1v) is 6.04. The van der Waals surface area contributed by atoms with E-state index >= 15 is 0 Å². The largest absolute Gasteiger partial charge is 0.481 e. The van der Waals surface area contributed by atoms with Crippen LogP contribution in [0, 0.1) is 5.92 Å². The lowest BCUT2D eigenvalue weighted by molar-refractivity contribution is -0.142. The quantitative estimate of drug-likeness (QED) is 0.844. The van der Waals surface area contributed by atoms with Gasteiger partial charge in [0.25, 0.3) is 0 Å². The third-order valence-corrected chi connectivity index (χ3v) is 3.20. The Morgan fingerprint density at radius 1 is 1.50 bits per heavy atom. The number of hydrogen-bond acceptors (Lipinski definition) is 5. The van der Waals surface area contributed by atoms with Crippen molar-refractivity contribution in [1.82, 2.24) is 9.97 Å². The third kappa shape index (κ3) is 3.09. The molecule has 0 spiro atoms. The van der Waals surface area contributed by atoms with Gasteiger partial charge in [0.15, 0.2) is 0 Å². The summed E-state index contributed by atoms with van der Waals surface area (Å²) >= 11 is 0. The average molecular weight is 251 g/mol. The van der Waals surface area contributed by atoms with Crippen molar-refractivity contribution >= 4 is 11.8 Å². The van der Waals surface area contributed by atoms with Crippen molar-refractivity contribution in [1.29, 1.82) is 0 Å². The van der Waals surface area contributed by atoms with Gasteiger partial charge in [-0.05, 0) is 19.3 Å². The highest BCUT2D eigenvalue weighted by molar-refractivity contribution is 5.70. The maximum atomic E-state index is 11.0. The molecule has 0 aromatic carbocycles. The van der Waals surface area contributed by atoms with Crippen LogP contribution in [-0.2, 0) is 4.79 Å². The summed E-state index contributed by atoms with van der Waals surface area (Å²) in [5.41, 5.74) is 0. The lowest BCUT2D eigenvalue weighted by Gasteiger charge is -2.27. The molecule has 1 heterocycles. The second-order valence-electron chi connectivity index (χ2n) is 4.49. The lowest BCUT2D eigenvalue weighted by atomic mass is 9.86. The number of carboxylic acid groups (broad SMARTS) is 1. The van der Waals surface area contributed by atoms with E-state index in [1.165, 1.54) is 13.3 Å². The normalized spacial score (nSPS) is 23.4. The van der Waals surface area contributed by atoms with Crippen LogP contribution < -0.4 is 10.1 Å². The number of aliphatic carboxylic acids is 1. The maximum Gasteiger partial charge on any atom is 0.306 e. The van der Waals surface area contributed by atoms with Gasteiger partial charge in [-0.25, -0.2) is 0 Å². The molecule has 1 saturated carbocycles. The highest BCUT2D eigenvalue weighted by Crippen LogP contribution is 2.26. The van der Waals surface area contributed by atoms with E-state index < -0.39 is 5.97 Å². The van der Waals surface area contributed by atoms with E-state index in [0.29, 0.717) is 18.1 Å². The van der Waals surface area contributed by atoms with Crippen molar-refractivity contribution in [3.8, 4) is 5.88 Å². The summed E-state index contributed by atoms with van der Waals surface area (Å²) in [6, 6.07) is 0.140. The van der Waals surface area contributed by atoms with Gasteiger partial charge in [-0.2, -0.15) is 4.98 Å². The molecule has 1 aromatic rings. The minimum atomic E-state index is -0.710. The molecule has 6 nitrogen and oxygen atoms in total. The fourth-order valence-electron chi connectivity index (χ4n) is 2.27. The first kappa shape index (κ1) is 12.6. The topological polar surface area (TPSA) is 84.3 Å². The number of carboxylic acids is 1. The molecule has 0 saturated heterocycles. The average Bonchev–Trinajstić information content (AvgIpc) is 2.39. The molecular weight excluding hydrogens is 234 g/mol. The molecule has 2 unspecified atom stereocenters. The number of nitrogens with zero attached hydrogens (tertiary/aromatic N) is 2. The van der Waals surface area contributed by atoms with Crippen molar-refractivity contribution in [2.45, 2.75) is 31.7 Å². The molecule has 1 aromatic heterocycles. The summed E-state index contributed by atoms with van der Waals surface area (Å²) in [7, 11) is 1.54. The Kier molecular flexibility index (Phi) is 3.96. The summed E-state index contributed by atoms with van der Waals surface area (Å²) < 4.78 is 5.00. The summed E-state index contributed by atoms with van der Waals surface area (Å²) in [5.74, 6) is 0.115. The molecule has 1 aliphatic rings. The zero-order valence-electron chi connectivity index (χ0n) is 10.3. The van der Waals surface area contributed by atoms with E-state index in [-0.39, 0.29) is 12.0 Å². The Hall–Kier alpha value is -1.85. The number of nitrogens with one attached hydrogen (secondary N) is 1. The standard InChI is InChI=1S/C12H17N3O3/c1-18-11-7-13-6-10(15-11)14-9-4-2-3-8(5-9)12(16)17/h6-9H,2-5H2,1H3,(H,14,15)(H,16,17). The van der Waals surface area contributed by atoms with Crippen molar-refractivity contribution in [2.75, 3.05) is 12.4 Å². The molecule has 0 radical (unpaired) electrons. The zero-order chi connectivity index (χ0) is 13.0. The van der Waals surface area contributed by atoms with Crippen molar-refractivity contribution in [3.05, 3.63) is 12.4 Å². The predicted octanol–water partition coefficient (Wildman–Crippen LogP) is 1.54. The van der Waals surface area contributed by atoms with E-state index in [0.717, 1.165) is 19.3 Å². The lowest BCUT2D eigenvalue weighted by Crippen LogP contribution is -2.31. The van der Waals surface area contributed by atoms with Gasteiger partial charge in [0.05, 0.1) is 25.4 Å².